The Morgan fingerprint density at radius 3 is 2.62 bits per heavy atom. The lowest BCUT2D eigenvalue weighted by Crippen LogP contribution is -2.48. The maximum Gasteiger partial charge on any atom is 0.264 e. The van der Waals surface area contributed by atoms with Crippen LogP contribution in [0.5, 0.6) is 0 Å². The molecular weight excluding hydrogens is 348 g/mol. The summed E-state index contributed by atoms with van der Waals surface area (Å²) in [6, 6.07) is 11.4. The Bertz CT molecular complexity index is 862. The highest BCUT2D eigenvalue weighted by Crippen LogP contribution is 2.20. The van der Waals surface area contributed by atoms with Gasteiger partial charge in [-0.2, -0.15) is 0 Å². The first-order chi connectivity index (χ1) is 12.8. The van der Waals surface area contributed by atoms with Gasteiger partial charge in [0.15, 0.2) is 0 Å². The van der Waals surface area contributed by atoms with Gasteiger partial charge in [0, 0.05) is 38.4 Å². The van der Waals surface area contributed by atoms with E-state index in [1.165, 1.54) is 11.3 Å². The Labute approximate surface area is 155 Å². The summed E-state index contributed by atoms with van der Waals surface area (Å²) in [5, 5.41) is 5.11. The van der Waals surface area contributed by atoms with Crippen molar-refractivity contribution in [1.82, 2.24) is 19.9 Å². The molecule has 3 aromatic rings. The highest BCUT2D eigenvalue weighted by molar-refractivity contribution is 7.12. The molecule has 0 aromatic carbocycles. The second-order valence-corrected chi connectivity index (χ2v) is 6.81. The zero-order valence-electron chi connectivity index (χ0n) is 14.1. The fourth-order valence-electron chi connectivity index (χ4n) is 2.85. The summed E-state index contributed by atoms with van der Waals surface area (Å²) in [5.74, 6) is 2.40. The van der Waals surface area contributed by atoms with Crippen molar-refractivity contribution in [3.8, 4) is 0 Å². The van der Waals surface area contributed by atoms with Crippen LogP contribution in [-0.2, 0) is 0 Å². The van der Waals surface area contributed by atoms with Gasteiger partial charge in [-0.1, -0.05) is 12.1 Å². The molecule has 0 radical (unpaired) electrons. The van der Waals surface area contributed by atoms with E-state index >= 15 is 0 Å². The molecule has 0 atom stereocenters. The molecule has 7 nitrogen and oxygen atoms in total. The Hall–Kier alpha value is -3.00. The predicted octanol–water partition coefficient (Wildman–Crippen LogP) is 2.64. The van der Waals surface area contributed by atoms with Gasteiger partial charge in [-0.05, 0) is 23.6 Å². The fourth-order valence-corrected chi connectivity index (χ4v) is 3.54. The van der Waals surface area contributed by atoms with E-state index < -0.39 is 0 Å². The van der Waals surface area contributed by atoms with Crippen LogP contribution in [-0.4, -0.2) is 51.9 Å². The topological polar surface area (TPSA) is 74.2 Å². The van der Waals surface area contributed by atoms with Crippen LogP contribution in [0.2, 0.25) is 0 Å². The molecule has 0 aliphatic carbocycles. The number of amides is 1. The molecule has 0 spiro atoms. The molecule has 0 saturated carbocycles. The third-order valence-electron chi connectivity index (χ3n) is 4.20. The van der Waals surface area contributed by atoms with E-state index in [-0.39, 0.29) is 5.91 Å². The number of piperazine rings is 1. The molecule has 1 N–H and O–H groups in total. The molecule has 4 rings (SSSR count). The number of carbonyl (C=O) groups is 1. The summed E-state index contributed by atoms with van der Waals surface area (Å²) in [4.78, 5) is 30.2. The van der Waals surface area contributed by atoms with Crippen LogP contribution < -0.4 is 10.2 Å². The summed E-state index contributed by atoms with van der Waals surface area (Å²) in [7, 11) is 0. The SMILES string of the molecule is O=C(c1cccs1)N1CCN(c2cc(Nc3ccccn3)ncn2)CC1. The molecule has 132 valence electrons. The first-order valence-corrected chi connectivity index (χ1v) is 9.25. The summed E-state index contributed by atoms with van der Waals surface area (Å²) >= 11 is 1.49. The van der Waals surface area contributed by atoms with Crippen LogP contribution in [0.4, 0.5) is 17.5 Å². The van der Waals surface area contributed by atoms with E-state index in [9.17, 15) is 4.79 Å². The Balaban J connectivity index is 1.40. The van der Waals surface area contributed by atoms with Gasteiger partial charge in [0.25, 0.3) is 5.91 Å². The summed E-state index contributed by atoms with van der Waals surface area (Å²) < 4.78 is 0. The molecule has 4 heterocycles. The number of hydrogen-bond donors (Lipinski definition) is 1. The number of hydrogen-bond acceptors (Lipinski definition) is 7. The van der Waals surface area contributed by atoms with Gasteiger partial charge in [0.2, 0.25) is 0 Å². The van der Waals surface area contributed by atoms with Crippen molar-refractivity contribution in [2.45, 2.75) is 0 Å². The quantitative estimate of drug-likeness (QED) is 0.765. The maximum atomic E-state index is 12.4. The predicted molar refractivity (Wildman–Crippen MR) is 102 cm³/mol. The average molecular weight is 366 g/mol. The lowest BCUT2D eigenvalue weighted by molar-refractivity contribution is 0.0751. The second kappa shape index (κ2) is 7.49. The molecule has 0 bridgehead atoms. The van der Waals surface area contributed by atoms with Crippen LogP contribution in [0.25, 0.3) is 0 Å². The van der Waals surface area contributed by atoms with E-state index in [1.807, 2.05) is 46.7 Å². The molecule has 1 aliphatic rings. The lowest BCUT2D eigenvalue weighted by Gasteiger charge is -2.35. The fraction of sp³-hybridized carbons (Fsp3) is 0.222. The van der Waals surface area contributed by atoms with Crippen molar-refractivity contribution in [2.24, 2.45) is 0 Å². The molecule has 8 heteroatoms. The first kappa shape index (κ1) is 16.5. The van der Waals surface area contributed by atoms with E-state index in [0.29, 0.717) is 18.9 Å². The minimum absolute atomic E-state index is 0.111. The average Bonchev–Trinajstić information content (AvgIpc) is 3.23. The zero-order valence-corrected chi connectivity index (χ0v) is 14.9. The van der Waals surface area contributed by atoms with Crippen molar-refractivity contribution < 1.29 is 4.79 Å². The van der Waals surface area contributed by atoms with Gasteiger partial charge in [0.1, 0.15) is 23.8 Å². The molecule has 26 heavy (non-hydrogen) atoms. The van der Waals surface area contributed by atoms with Crippen LogP contribution in [0.3, 0.4) is 0 Å². The van der Waals surface area contributed by atoms with Crippen LogP contribution in [0.15, 0.2) is 54.3 Å². The first-order valence-electron chi connectivity index (χ1n) is 8.37. The van der Waals surface area contributed by atoms with Crippen molar-refractivity contribution in [2.75, 3.05) is 36.4 Å². The maximum absolute atomic E-state index is 12.4. The number of aromatic nitrogens is 3. The largest absolute Gasteiger partial charge is 0.353 e. The third-order valence-corrected chi connectivity index (χ3v) is 5.05. The van der Waals surface area contributed by atoms with Gasteiger partial charge >= 0.3 is 0 Å². The highest BCUT2D eigenvalue weighted by Gasteiger charge is 2.23. The van der Waals surface area contributed by atoms with E-state index in [0.717, 1.165) is 29.6 Å². The van der Waals surface area contributed by atoms with Gasteiger partial charge < -0.3 is 15.1 Å². The van der Waals surface area contributed by atoms with Crippen molar-refractivity contribution in [3.05, 3.63) is 59.2 Å². The molecule has 3 aromatic heterocycles. The highest BCUT2D eigenvalue weighted by atomic mass is 32.1. The smallest absolute Gasteiger partial charge is 0.264 e. The van der Waals surface area contributed by atoms with E-state index in [1.54, 1.807) is 12.5 Å². The van der Waals surface area contributed by atoms with Crippen LogP contribution >= 0.6 is 11.3 Å². The summed E-state index contributed by atoms with van der Waals surface area (Å²) in [5.41, 5.74) is 0. The van der Waals surface area contributed by atoms with E-state index in [2.05, 4.69) is 25.2 Å². The monoisotopic (exact) mass is 366 g/mol. The standard InChI is InChI=1S/C18H18N6OS/c25-18(14-4-3-11-26-14)24-9-7-23(8-10-24)17-12-16(20-13-21-17)22-15-5-1-2-6-19-15/h1-6,11-13H,7-10H2,(H,19,20,21,22). The zero-order chi connectivity index (χ0) is 17.8. The molecule has 0 unspecified atom stereocenters. The number of anilines is 3. The minimum atomic E-state index is 0.111. The molecular formula is C18H18N6OS. The van der Waals surface area contributed by atoms with Crippen molar-refractivity contribution >= 4 is 34.7 Å². The van der Waals surface area contributed by atoms with Crippen molar-refractivity contribution in [3.63, 3.8) is 0 Å². The molecule has 1 fully saturated rings. The minimum Gasteiger partial charge on any atom is -0.353 e. The Morgan fingerprint density at radius 2 is 1.88 bits per heavy atom. The van der Waals surface area contributed by atoms with Gasteiger partial charge in [-0.3, -0.25) is 4.79 Å². The summed E-state index contributed by atoms with van der Waals surface area (Å²) in [6.45, 7) is 2.86. The normalized spacial score (nSPS) is 14.3. The molecule has 1 aliphatic heterocycles. The van der Waals surface area contributed by atoms with Gasteiger partial charge in [0.05, 0.1) is 4.88 Å². The number of thiophene rings is 1. The Morgan fingerprint density at radius 1 is 1.00 bits per heavy atom. The van der Waals surface area contributed by atoms with Crippen molar-refractivity contribution in [1.29, 1.82) is 0 Å². The lowest BCUT2D eigenvalue weighted by atomic mass is 10.3. The third kappa shape index (κ3) is 3.65. The number of nitrogens with zero attached hydrogens (tertiary/aromatic N) is 5. The van der Waals surface area contributed by atoms with Gasteiger partial charge in [-0.25, -0.2) is 15.0 Å². The Kier molecular flexibility index (Phi) is 4.74. The number of nitrogens with one attached hydrogen (secondary N) is 1. The number of pyridine rings is 1. The summed E-state index contributed by atoms with van der Waals surface area (Å²) in [6.07, 6.45) is 3.28. The van der Waals surface area contributed by atoms with Crippen LogP contribution in [0.1, 0.15) is 9.67 Å². The number of carbonyl (C=O) groups excluding carboxylic acids is 1. The second-order valence-electron chi connectivity index (χ2n) is 5.86. The van der Waals surface area contributed by atoms with Gasteiger partial charge in [-0.15, -0.1) is 11.3 Å². The molecule has 1 amide bonds. The van der Waals surface area contributed by atoms with Crippen LogP contribution in [0, 0.1) is 0 Å². The number of rotatable bonds is 4. The molecule has 1 saturated heterocycles. The van der Waals surface area contributed by atoms with E-state index in [4.69, 9.17) is 0 Å².